The molecular weight excluding hydrogens is 284 g/mol. The van der Waals surface area contributed by atoms with Crippen molar-refractivity contribution < 1.29 is 4.79 Å². The fourth-order valence-corrected chi connectivity index (χ4v) is 3.41. The molecule has 0 radical (unpaired) electrons. The van der Waals surface area contributed by atoms with E-state index >= 15 is 0 Å². The van der Waals surface area contributed by atoms with Crippen molar-refractivity contribution in [3.8, 4) is 0 Å². The van der Waals surface area contributed by atoms with Crippen LogP contribution in [0.4, 0.5) is 0 Å². The van der Waals surface area contributed by atoms with Gasteiger partial charge in [0.15, 0.2) is 0 Å². The van der Waals surface area contributed by atoms with Crippen LogP contribution in [0, 0.1) is 12.8 Å². The molecule has 1 heterocycles. The molecule has 1 saturated heterocycles. The van der Waals surface area contributed by atoms with Gasteiger partial charge in [-0.05, 0) is 70.5 Å². The number of nitrogens with zero attached hydrogens (tertiary/aromatic N) is 1. The number of halogens is 1. The molecule has 1 atom stereocenters. The van der Waals surface area contributed by atoms with Crippen molar-refractivity contribution in [2.75, 3.05) is 20.1 Å². The molecule has 0 saturated carbocycles. The van der Waals surface area contributed by atoms with Crippen LogP contribution in [0.15, 0.2) is 18.2 Å². The molecule has 1 unspecified atom stereocenters. The third kappa shape index (κ3) is 3.98. The smallest absolute Gasteiger partial charge is 0.225 e. The van der Waals surface area contributed by atoms with E-state index in [2.05, 4.69) is 17.3 Å². The number of carbonyl (C=O) groups is 1. The van der Waals surface area contributed by atoms with Crippen molar-refractivity contribution in [1.82, 2.24) is 10.2 Å². The fourth-order valence-electron chi connectivity index (χ4n) is 3.19. The van der Waals surface area contributed by atoms with Crippen LogP contribution in [0.3, 0.4) is 0 Å². The predicted octanol–water partition coefficient (Wildman–Crippen LogP) is 3.34. The van der Waals surface area contributed by atoms with Gasteiger partial charge in [-0.25, -0.2) is 0 Å². The highest BCUT2D eigenvalue weighted by Crippen LogP contribution is 2.27. The van der Waals surface area contributed by atoms with Gasteiger partial charge in [-0.15, -0.1) is 0 Å². The minimum Gasteiger partial charge on any atom is -0.347 e. The summed E-state index contributed by atoms with van der Waals surface area (Å²) >= 11 is 6.02. The Morgan fingerprint density at radius 2 is 2.14 bits per heavy atom. The second kappa shape index (κ2) is 6.37. The molecule has 1 aliphatic heterocycles. The predicted molar refractivity (Wildman–Crippen MR) is 87.6 cm³/mol. The SMILES string of the molecule is Cc1cc(Cl)ccc1C(C)(C)NC(=O)C1CCCN(C)C1. The summed E-state index contributed by atoms with van der Waals surface area (Å²) in [7, 11) is 2.08. The minimum absolute atomic E-state index is 0.0932. The Bertz CT molecular complexity index is 528. The van der Waals surface area contributed by atoms with E-state index in [9.17, 15) is 4.79 Å². The topological polar surface area (TPSA) is 32.3 Å². The van der Waals surface area contributed by atoms with E-state index in [1.54, 1.807) is 0 Å². The van der Waals surface area contributed by atoms with E-state index in [0.29, 0.717) is 0 Å². The van der Waals surface area contributed by atoms with Crippen molar-refractivity contribution in [3.05, 3.63) is 34.3 Å². The summed E-state index contributed by atoms with van der Waals surface area (Å²) in [6, 6.07) is 5.83. The van der Waals surface area contributed by atoms with E-state index < -0.39 is 0 Å². The Labute approximate surface area is 132 Å². The molecule has 3 nitrogen and oxygen atoms in total. The quantitative estimate of drug-likeness (QED) is 0.929. The van der Waals surface area contributed by atoms with Gasteiger partial charge in [0.25, 0.3) is 0 Å². The Kier molecular flexibility index (Phi) is 4.95. The highest BCUT2D eigenvalue weighted by atomic mass is 35.5. The van der Waals surface area contributed by atoms with E-state index in [1.807, 2.05) is 39.0 Å². The van der Waals surface area contributed by atoms with E-state index in [1.165, 1.54) is 0 Å². The van der Waals surface area contributed by atoms with Gasteiger partial charge in [-0.1, -0.05) is 17.7 Å². The van der Waals surface area contributed by atoms with E-state index in [-0.39, 0.29) is 17.4 Å². The van der Waals surface area contributed by atoms with Crippen molar-refractivity contribution >= 4 is 17.5 Å². The van der Waals surface area contributed by atoms with Gasteiger partial charge in [0.1, 0.15) is 0 Å². The third-order valence-electron chi connectivity index (χ3n) is 4.29. The molecule has 0 aromatic heterocycles. The van der Waals surface area contributed by atoms with Crippen LogP contribution in [-0.2, 0) is 10.3 Å². The zero-order valence-electron chi connectivity index (χ0n) is 13.4. The van der Waals surface area contributed by atoms with Gasteiger partial charge in [-0.2, -0.15) is 0 Å². The van der Waals surface area contributed by atoms with Crippen molar-refractivity contribution in [2.45, 2.75) is 39.2 Å². The monoisotopic (exact) mass is 308 g/mol. The maximum Gasteiger partial charge on any atom is 0.225 e. The molecule has 116 valence electrons. The first-order valence-electron chi connectivity index (χ1n) is 7.57. The first kappa shape index (κ1) is 16.3. The molecule has 1 aromatic rings. The highest BCUT2D eigenvalue weighted by molar-refractivity contribution is 6.30. The number of hydrogen-bond donors (Lipinski definition) is 1. The van der Waals surface area contributed by atoms with Gasteiger partial charge < -0.3 is 10.2 Å². The van der Waals surface area contributed by atoms with Crippen LogP contribution in [0.5, 0.6) is 0 Å². The Morgan fingerprint density at radius 1 is 1.43 bits per heavy atom. The van der Waals surface area contributed by atoms with Gasteiger partial charge in [0, 0.05) is 11.6 Å². The maximum absolute atomic E-state index is 12.5. The van der Waals surface area contributed by atoms with Gasteiger partial charge in [0.2, 0.25) is 5.91 Å². The third-order valence-corrected chi connectivity index (χ3v) is 4.53. The largest absolute Gasteiger partial charge is 0.347 e. The van der Waals surface area contributed by atoms with Gasteiger partial charge in [-0.3, -0.25) is 4.79 Å². The molecule has 21 heavy (non-hydrogen) atoms. The summed E-state index contributed by atoms with van der Waals surface area (Å²) in [4.78, 5) is 14.8. The van der Waals surface area contributed by atoms with Gasteiger partial charge in [0.05, 0.1) is 11.5 Å². The lowest BCUT2D eigenvalue weighted by molar-refractivity contribution is -0.128. The van der Waals surface area contributed by atoms with Crippen LogP contribution < -0.4 is 5.32 Å². The number of benzene rings is 1. The van der Waals surface area contributed by atoms with Crippen LogP contribution in [-0.4, -0.2) is 30.9 Å². The van der Waals surface area contributed by atoms with Crippen LogP contribution in [0.2, 0.25) is 5.02 Å². The summed E-state index contributed by atoms with van der Waals surface area (Å²) in [5.74, 6) is 0.247. The molecule has 1 fully saturated rings. The number of hydrogen-bond acceptors (Lipinski definition) is 2. The molecule has 0 bridgehead atoms. The number of rotatable bonds is 3. The molecule has 1 amide bonds. The fraction of sp³-hybridized carbons (Fsp3) is 0.588. The zero-order valence-corrected chi connectivity index (χ0v) is 14.1. The number of piperidine rings is 1. The molecular formula is C17H25ClN2O. The summed E-state index contributed by atoms with van der Waals surface area (Å²) in [5, 5.41) is 3.94. The lowest BCUT2D eigenvalue weighted by atomic mass is 9.89. The van der Waals surface area contributed by atoms with Crippen molar-refractivity contribution in [3.63, 3.8) is 0 Å². The summed E-state index contributed by atoms with van der Waals surface area (Å²) in [6.07, 6.45) is 2.07. The molecule has 1 N–H and O–H groups in total. The molecule has 4 heteroatoms. The first-order chi connectivity index (χ1) is 9.79. The summed E-state index contributed by atoms with van der Waals surface area (Å²) in [5.41, 5.74) is 1.83. The average Bonchev–Trinajstić information content (AvgIpc) is 2.37. The Morgan fingerprint density at radius 3 is 2.76 bits per heavy atom. The van der Waals surface area contributed by atoms with E-state index in [4.69, 9.17) is 11.6 Å². The van der Waals surface area contributed by atoms with Gasteiger partial charge >= 0.3 is 0 Å². The number of carbonyl (C=O) groups excluding carboxylic acids is 1. The van der Waals surface area contributed by atoms with Crippen LogP contribution >= 0.6 is 11.6 Å². The average molecular weight is 309 g/mol. The minimum atomic E-state index is -0.387. The van der Waals surface area contributed by atoms with Crippen molar-refractivity contribution in [1.29, 1.82) is 0 Å². The highest BCUT2D eigenvalue weighted by Gasteiger charge is 2.30. The first-order valence-corrected chi connectivity index (χ1v) is 7.94. The normalized spacial score (nSPS) is 20.3. The number of likely N-dealkylation sites (tertiary alicyclic amines) is 1. The molecule has 2 rings (SSSR count). The molecule has 1 aromatic carbocycles. The number of nitrogens with one attached hydrogen (secondary N) is 1. The second-order valence-electron chi connectivity index (χ2n) is 6.67. The van der Waals surface area contributed by atoms with Crippen molar-refractivity contribution in [2.24, 2.45) is 5.92 Å². The summed E-state index contributed by atoms with van der Waals surface area (Å²) in [6.45, 7) is 8.07. The lowest BCUT2D eigenvalue weighted by Crippen LogP contribution is -2.48. The molecule has 0 spiro atoms. The Balaban J connectivity index is 2.11. The van der Waals surface area contributed by atoms with E-state index in [0.717, 1.165) is 42.1 Å². The number of aryl methyl sites for hydroxylation is 1. The lowest BCUT2D eigenvalue weighted by Gasteiger charge is -2.34. The van der Waals surface area contributed by atoms with Crippen LogP contribution in [0.25, 0.3) is 0 Å². The van der Waals surface area contributed by atoms with Crippen LogP contribution in [0.1, 0.15) is 37.8 Å². The second-order valence-corrected chi connectivity index (χ2v) is 7.11. The molecule has 0 aliphatic carbocycles. The number of amides is 1. The molecule has 1 aliphatic rings. The zero-order chi connectivity index (χ0) is 15.6. The maximum atomic E-state index is 12.5. The summed E-state index contributed by atoms with van der Waals surface area (Å²) < 4.78 is 0. The standard InChI is InChI=1S/C17H25ClN2O/c1-12-10-14(18)7-8-15(12)17(2,3)19-16(21)13-6-5-9-20(4)11-13/h7-8,10,13H,5-6,9,11H2,1-4H3,(H,19,21). The Hall–Kier alpha value is -1.06.